The number of aromatic nitrogens is 1. The van der Waals surface area contributed by atoms with Crippen LogP contribution in [0.25, 0.3) is 0 Å². The highest BCUT2D eigenvalue weighted by atomic mass is 16.2. The van der Waals surface area contributed by atoms with Gasteiger partial charge in [-0.15, -0.1) is 0 Å². The van der Waals surface area contributed by atoms with Gasteiger partial charge in [0.1, 0.15) is 0 Å². The predicted octanol–water partition coefficient (Wildman–Crippen LogP) is 1.20. The highest BCUT2D eigenvalue weighted by molar-refractivity contribution is 5.81. The van der Waals surface area contributed by atoms with E-state index in [1.165, 1.54) is 24.9 Å². The van der Waals surface area contributed by atoms with Crippen molar-refractivity contribution in [2.24, 2.45) is 5.92 Å². The number of rotatable bonds is 6. The average Bonchev–Trinajstić information content (AvgIpc) is 3.14. The summed E-state index contributed by atoms with van der Waals surface area (Å²) in [5.41, 5.74) is 1.30. The van der Waals surface area contributed by atoms with Crippen molar-refractivity contribution in [1.29, 1.82) is 0 Å². The highest BCUT2D eigenvalue weighted by Gasteiger charge is 2.24. The molecule has 1 aromatic rings. The number of nitrogens with zero attached hydrogens (tertiary/aromatic N) is 2. The smallest absolute Gasteiger partial charge is 0.237 e. The van der Waals surface area contributed by atoms with E-state index in [0.29, 0.717) is 5.92 Å². The Morgan fingerprint density at radius 1 is 1.39 bits per heavy atom. The van der Waals surface area contributed by atoms with E-state index >= 15 is 0 Å². The van der Waals surface area contributed by atoms with E-state index < -0.39 is 0 Å². The lowest BCUT2D eigenvalue weighted by Crippen LogP contribution is -2.45. The van der Waals surface area contributed by atoms with Crippen molar-refractivity contribution in [3.05, 3.63) is 30.1 Å². The number of piperidine rings is 1. The molecule has 2 aliphatic rings. The Morgan fingerprint density at radius 3 is 3.13 bits per heavy atom. The maximum Gasteiger partial charge on any atom is 0.237 e. The average molecular weight is 316 g/mol. The lowest BCUT2D eigenvalue weighted by Gasteiger charge is -2.33. The minimum Gasteiger partial charge on any atom is -0.354 e. The fourth-order valence-electron chi connectivity index (χ4n) is 3.63. The molecule has 1 aromatic heterocycles. The molecule has 0 aromatic carbocycles. The van der Waals surface area contributed by atoms with Crippen molar-refractivity contribution in [3.8, 4) is 0 Å². The fraction of sp³-hybridized carbons (Fsp3) is 0.667. The predicted molar refractivity (Wildman–Crippen MR) is 91.1 cm³/mol. The third-order valence-corrected chi connectivity index (χ3v) is 4.98. The fourth-order valence-corrected chi connectivity index (χ4v) is 3.63. The Morgan fingerprint density at radius 2 is 2.35 bits per heavy atom. The lowest BCUT2D eigenvalue weighted by molar-refractivity contribution is -0.123. The molecule has 3 heterocycles. The Kier molecular flexibility index (Phi) is 6.00. The SMILES string of the molecule is O=C(NCC1CCCN(CCc2cccnc2)C1)C1CCCN1. The van der Waals surface area contributed by atoms with E-state index in [1.54, 1.807) is 0 Å². The molecule has 2 fully saturated rings. The molecule has 23 heavy (non-hydrogen) atoms. The van der Waals surface area contributed by atoms with Gasteiger partial charge >= 0.3 is 0 Å². The topological polar surface area (TPSA) is 57.3 Å². The molecular formula is C18H28N4O. The molecule has 2 unspecified atom stereocenters. The monoisotopic (exact) mass is 316 g/mol. The van der Waals surface area contributed by atoms with E-state index in [1.807, 2.05) is 18.5 Å². The third-order valence-electron chi connectivity index (χ3n) is 4.98. The molecule has 126 valence electrons. The molecule has 2 saturated heterocycles. The number of amides is 1. The van der Waals surface area contributed by atoms with E-state index in [2.05, 4.69) is 26.6 Å². The van der Waals surface area contributed by atoms with E-state index in [0.717, 1.165) is 45.4 Å². The molecule has 0 spiro atoms. The molecule has 2 aliphatic heterocycles. The second-order valence-electron chi connectivity index (χ2n) is 6.81. The van der Waals surface area contributed by atoms with Crippen LogP contribution in [0.5, 0.6) is 0 Å². The van der Waals surface area contributed by atoms with Crippen molar-refractivity contribution in [2.45, 2.75) is 38.1 Å². The van der Waals surface area contributed by atoms with Crippen molar-refractivity contribution < 1.29 is 4.79 Å². The molecule has 0 bridgehead atoms. The van der Waals surface area contributed by atoms with Gasteiger partial charge in [-0.1, -0.05) is 6.07 Å². The van der Waals surface area contributed by atoms with Crippen LogP contribution in [0.4, 0.5) is 0 Å². The Labute approximate surface area is 138 Å². The van der Waals surface area contributed by atoms with Gasteiger partial charge in [-0.05, 0) is 62.7 Å². The normalized spacial score (nSPS) is 25.4. The summed E-state index contributed by atoms with van der Waals surface area (Å²) in [6, 6.07) is 4.18. The van der Waals surface area contributed by atoms with Crippen molar-refractivity contribution in [3.63, 3.8) is 0 Å². The quantitative estimate of drug-likeness (QED) is 0.828. The summed E-state index contributed by atoms with van der Waals surface area (Å²) >= 11 is 0. The molecule has 5 heteroatoms. The van der Waals surface area contributed by atoms with Gasteiger partial charge in [-0.25, -0.2) is 0 Å². The number of pyridine rings is 1. The van der Waals surface area contributed by atoms with Crippen LogP contribution in [0.1, 0.15) is 31.2 Å². The van der Waals surface area contributed by atoms with Gasteiger partial charge < -0.3 is 15.5 Å². The van der Waals surface area contributed by atoms with Crippen LogP contribution in [0, 0.1) is 5.92 Å². The van der Waals surface area contributed by atoms with Crippen LogP contribution in [-0.4, -0.2) is 54.6 Å². The third kappa shape index (κ3) is 5.01. The zero-order valence-electron chi connectivity index (χ0n) is 13.8. The first-order valence-corrected chi connectivity index (χ1v) is 8.93. The number of carbonyl (C=O) groups excluding carboxylic acids is 1. The van der Waals surface area contributed by atoms with Gasteiger partial charge in [0.15, 0.2) is 0 Å². The molecule has 3 rings (SSSR count). The molecular weight excluding hydrogens is 288 g/mol. The molecule has 0 aliphatic carbocycles. The minimum absolute atomic E-state index is 0.0419. The molecule has 2 atom stereocenters. The summed E-state index contributed by atoms with van der Waals surface area (Å²) in [6.07, 6.45) is 9.38. The number of hydrogen-bond donors (Lipinski definition) is 2. The lowest BCUT2D eigenvalue weighted by atomic mass is 9.97. The van der Waals surface area contributed by atoms with E-state index in [-0.39, 0.29) is 11.9 Å². The van der Waals surface area contributed by atoms with Crippen LogP contribution in [0.2, 0.25) is 0 Å². The van der Waals surface area contributed by atoms with Gasteiger partial charge in [0.25, 0.3) is 0 Å². The summed E-state index contributed by atoms with van der Waals surface area (Å²) in [7, 11) is 0. The maximum absolute atomic E-state index is 12.1. The molecule has 2 N–H and O–H groups in total. The van der Waals surface area contributed by atoms with Crippen molar-refractivity contribution in [1.82, 2.24) is 20.5 Å². The Hall–Kier alpha value is -1.46. The van der Waals surface area contributed by atoms with Gasteiger partial charge in [-0.2, -0.15) is 0 Å². The standard InChI is InChI=1S/C18H28N4O/c23-18(17-6-2-9-20-17)21-13-16-5-3-10-22(14-16)11-7-15-4-1-8-19-12-15/h1,4,8,12,16-17,20H,2-3,5-7,9-11,13-14H2,(H,21,23). The summed E-state index contributed by atoms with van der Waals surface area (Å²) < 4.78 is 0. The van der Waals surface area contributed by atoms with Gasteiger partial charge in [-0.3, -0.25) is 9.78 Å². The summed E-state index contributed by atoms with van der Waals surface area (Å²) in [5, 5.41) is 6.41. The first kappa shape index (κ1) is 16.4. The van der Waals surface area contributed by atoms with Crippen LogP contribution in [0.15, 0.2) is 24.5 Å². The highest BCUT2D eigenvalue weighted by Crippen LogP contribution is 2.16. The van der Waals surface area contributed by atoms with E-state index in [9.17, 15) is 4.79 Å². The number of nitrogens with one attached hydrogen (secondary N) is 2. The first-order valence-electron chi connectivity index (χ1n) is 8.93. The molecule has 5 nitrogen and oxygen atoms in total. The van der Waals surface area contributed by atoms with Crippen molar-refractivity contribution in [2.75, 3.05) is 32.7 Å². The summed E-state index contributed by atoms with van der Waals surface area (Å²) in [5.74, 6) is 0.776. The van der Waals surface area contributed by atoms with Gasteiger partial charge in [0.05, 0.1) is 6.04 Å². The molecule has 0 saturated carbocycles. The van der Waals surface area contributed by atoms with Gasteiger partial charge in [0.2, 0.25) is 5.91 Å². The summed E-state index contributed by atoms with van der Waals surface area (Å²) in [4.78, 5) is 18.8. The van der Waals surface area contributed by atoms with Crippen LogP contribution in [0.3, 0.4) is 0 Å². The van der Waals surface area contributed by atoms with E-state index in [4.69, 9.17) is 0 Å². The maximum atomic E-state index is 12.1. The largest absolute Gasteiger partial charge is 0.354 e. The second-order valence-corrected chi connectivity index (χ2v) is 6.81. The Balaban J connectivity index is 1.38. The number of carbonyl (C=O) groups is 1. The Bertz CT molecular complexity index is 487. The van der Waals surface area contributed by atoms with Crippen LogP contribution >= 0.6 is 0 Å². The first-order chi connectivity index (χ1) is 11.3. The van der Waals surface area contributed by atoms with Crippen molar-refractivity contribution >= 4 is 5.91 Å². The zero-order chi connectivity index (χ0) is 15.9. The molecule has 1 amide bonds. The number of hydrogen-bond acceptors (Lipinski definition) is 4. The number of likely N-dealkylation sites (tertiary alicyclic amines) is 1. The summed E-state index contributed by atoms with van der Waals surface area (Å²) in [6.45, 7) is 5.15. The van der Waals surface area contributed by atoms with Gasteiger partial charge in [0, 0.05) is 32.0 Å². The zero-order valence-corrected chi connectivity index (χ0v) is 13.8. The van der Waals surface area contributed by atoms with Crippen LogP contribution in [-0.2, 0) is 11.2 Å². The molecule has 0 radical (unpaired) electrons. The minimum atomic E-state index is 0.0419. The van der Waals surface area contributed by atoms with Crippen LogP contribution < -0.4 is 10.6 Å². The second kappa shape index (κ2) is 8.41.